The molecule has 0 aromatic rings. The van der Waals surface area contributed by atoms with E-state index in [1.807, 2.05) is 0 Å². The van der Waals surface area contributed by atoms with Gasteiger partial charge in [-0.25, -0.2) is 0 Å². The van der Waals surface area contributed by atoms with Crippen molar-refractivity contribution in [1.29, 1.82) is 0 Å². The van der Waals surface area contributed by atoms with E-state index >= 15 is 0 Å². The summed E-state index contributed by atoms with van der Waals surface area (Å²) in [6, 6.07) is 0. The van der Waals surface area contributed by atoms with Crippen LogP contribution in [0.4, 0.5) is 0 Å². The first-order valence-electron chi connectivity index (χ1n) is 36.4. The van der Waals surface area contributed by atoms with Gasteiger partial charge in [0.25, 0.3) is 0 Å². The summed E-state index contributed by atoms with van der Waals surface area (Å²) in [4.78, 5) is 38.5. The maximum absolute atomic E-state index is 12.9. The van der Waals surface area contributed by atoms with Gasteiger partial charge in [-0.2, -0.15) is 0 Å². The number of carbonyl (C=O) groups excluding carboxylic acids is 3. The van der Waals surface area contributed by atoms with Crippen molar-refractivity contribution in [1.82, 2.24) is 0 Å². The number of rotatable bonds is 67. The van der Waals surface area contributed by atoms with Gasteiger partial charge in [0.2, 0.25) is 0 Å². The number of esters is 3. The van der Waals surface area contributed by atoms with Crippen molar-refractivity contribution in [2.75, 3.05) is 13.2 Å². The van der Waals surface area contributed by atoms with Gasteiger partial charge < -0.3 is 14.2 Å². The van der Waals surface area contributed by atoms with E-state index < -0.39 is 6.10 Å². The second-order valence-electron chi connectivity index (χ2n) is 24.5. The minimum absolute atomic E-state index is 0.0675. The molecule has 0 rings (SSSR count). The maximum Gasteiger partial charge on any atom is 0.306 e. The molecule has 0 aliphatic rings. The van der Waals surface area contributed by atoms with Gasteiger partial charge in [0.1, 0.15) is 13.2 Å². The third kappa shape index (κ3) is 69.5. The van der Waals surface area contributed by atoms with Crippen molar-refractivity contribution in [3.8, 4) is 0 Å². The first kappa shape index (κ1) is 79.8. The summed E-state index contributed by atoms with van der Waals surface area (Å²) in [5.41, 5.74) is 0. The summed E-state index contributed by atoms with van der Waals surface area (Å²) in [5.74, 6) is -0.840. The Kier molecular flexibility index (Phi) is 68.6. The molecule has 0 aliphatic heterocycles. The van der Waals surface area contributed by atoms with E-state index in [4.69, 9.17) is 14.2 Å². The second-order valence-corrected chi connectivity index (χ2v) is 24.5. The van der Waals surface area contributed by atoms with Crippen LogP contribution in [0.1, 0.15) is 380 Å². The average molecular weight is 1160 g/mol. The molecule has 482 valence electrons. The Morgan fingerprint density at radius 2 is 0.470 bits per heavy atom. The molecule has 0 aromatic carbocycles. The molecular formula is C77H138O6. The van der Waals surface area contributed by atoms with Gasteiger partial charge in [-0.05, 0) is 70.6 Å². The number of allylic oxidation sites excluding steroid dienone is 12. The zero-order valence-electron chi connectivity index (χ0n) is 55.5. The zero-order valence-corrected chi connectivity index (χ0v) is 55.5. The van der Waals surface area contributed by atoms with E-state index in [1.165, 1.54) is 244 Å². The highest BCUT2D eigenvalue weighted by molar-refractivity contribution is 5.71. The Balaban J connectivity index is 4.19. The number of hydrogen-bond acceptors (Lipinski definition) is 6. The Morgan fingerprint density at radius 3 is 0.735 bits per heavy atom. The largest absolute Gasteiger partial charge is 0.462 e. The Labute approximate surface area is 516 Å². The van der Waals surface area contributed by atoms with E-state index in [9.17, 15) is 14.4 Å². The standard InChI is InChI=1S/C77H138O6/c1-4-7-10-13-16-19-22-25-28-31-32-33-34-35-36-37-38-39-40-41-42-43-44-45-46-47-50-52-55-58-61-64-67-70-76(79)82-73-74(83-77(80)71-68-65-62-59-56-53-49-30-27-24-21-18-15-12-9-6-3)72-81-75(78)69-66-63-60-57-54-51-48-29-26-23-20-17-14-11-8-5-2/h7,10,16,19,25,28,32-33,35-36,38-39,74H,4-6,8-9,11-15,17-18,20-24,26-27,29-31,34,37,40-73H2,1-3H3/b10-7-,19-16-,28-25-,33-32-,36-35-,39-38-. The van der Waals surface area contributed by atoms with Crippen LogP contribution in [0.2, 0.25) is 0 Å². The lowest BCUT2D eigenvalue weighted by atomic mass is 10.0. The molecule has 0 radical (unpaired) electrons. The van der Waals surface area contributed by atoms with Crippen LogP contribution in [0.3, 0.4) is 0 Å². The lowest BCUT2D eigenvalue weighted by molar-refractivity contribution is -0.167. The molecule has 0 amide bonds. The maximum atomic E-state index is 12.9. The van der Waals surface area contributed by atoms with Gasteiger partial charge in [-0.3, -0.25) is 14.4 Å². The molecule has 0 saturated carbocycles. The molecule has 1 unspecified atom stereocenters. The number of ether oxygens (including phenoxy) is 3. The van der Waals surface area contributed by atoms with Crippen molar-refractivity contribution >= 4 is 17.9 Å². The lowest BCUT2D eigenvalue weighted by Gasteiger charge is -2.18. The smallest absolute Gasteiger partial charge is 0.306 e. The lowest BCUT2D eigenvalue weighted by Crippen LogP contribution is -2.30. The summed E-state index contributed by atoms with van der Waals surface area (Å²) in [6.07, 6.45) is 93.6. The SMILES string of the molecule is CC/C=C\C/C=C\C/C=C\C/C=C\C/C=C\C/C=C\CCCCCCCCCCCCCCCCC(=O)OCC(COC(=O)CCCCCCCCCCCCCCCCCC)OC(=O)CCCCCCCCCCCCCCCCCC. The average Bonchev–Trinajstić information content (AvgIpc) is 3.49. The van der Waals surface area contributed by atoms with Gasteiger partial charge in [-0.15, -0.1) is 0 Å². The van der Waals surface area contributed by atoms with E-state index in [2.05, 4.69) is 93.7 Å². The molecule has 0 N–H and O–H groups in total. The minimum Gasteiger partial charge on any atom is -0.462 e. The van der Waals surface area contributed by atoms with Crippen LogP contribution in [0.5, 0.6) is 0 Å². The van der Waals surface area contributed by atoms with Crippen LogP contribution in [-0.4, -0.2) is 37.2 Å². The fourth-order valence-electron chi connectivity index (χ4n) is 10.8. The molecule has 1 atom stereocenters. The fraction of sp³-hybridized carbons (Fsp3) is 0.805. The summed E-state index contributed by atoms with van der Waals surface area (Å²) in [7, 11) is 0. The predicted molar refractivity (Wildman–Crippen MR) is 362 cm³/mol. The van der Waals surface area contributed by atoms with Crippen LogP contribution in [0.25, 0.3) is 0 Å². The second kappa shape index (κ2) is 71.3. The van der Waals surface area contributed by atoms with Crippen molar-refractivity contribution in [3.05, 3.63) is 72.9 Å². The summed E-state index contributed by atoms with van der Waals surface area (Å²) >= 11 is 0. The van der Waals surface area contributed by atoms with E-state index in [0.717, 1.165) is 96.3 Å². The molecule has 0 saturated heterocycles. The number of hydrogen-bond donors (Lipinski definition) is 0. The van der Waals surface area contributed by atoms with Crippen LogP contribution < -0.4 is 0 Å². The van der Waals surface area contributed by atoms with Crippen LogP contribution >= 0.6 is 0 Å². The highest BCUT2D eigenvalue weighted by Crippen LogP contribution is 2.18. The normalized spacial score (nSPS) is 12.5. The Bertz CT molecular complexity index is 1520. The van der Waals surface area contributed by atoms with Crippen molar-refractivity contribution in [2.45, 2.75) is 386 Å². The summed E-state index contributed by atoms with van der Waals surface area (Å²) in [6.45, 7) is 6.60. The summed E-state index contributed by atoms with van der Waals surface area (Å²) < 4.78 is 17.0. The van der Waals surface area contributed by atoms with Gasteiger partial charge in [0.05, 0.1) is 0 Å². The molecule has 0 aromatic heterocycles. The first-order chi connectivity index (χ1) is 41.0. The highest BCUT2D eigenvalue weighted by Gasteiger charge is 2.19. The highest BCUT2D eigenvalue weighted by atomic mass is 16.6. The van der Waals surface area contributed by atoms with Gasteiger partial charge in [0, 0.05) is 19.3 Å². The van der Waals surface area contributed by atoms with Gasteiger partial charge in [-0.1, -0.05) is 363 Å². The minimum atomic E-state index is -0.771. The molecule has 0 aliphatic carbocycles. The van der Waals surface area contributed by atoms with Crippen LogP contribution in [-0.2, 0) is 28.6 Å². The zero-order chi connectivity index (χ0) is 59.9. The first-order valence-corrected chi connectivity index (χ1v) is 36.4. The Morgan fingerprint density at radius 1 is 0.253 bits per heavy atom. The van der Waals surface area contributed by atoms with Crippen molar-refractivity contribution < 1.29 is 28.6 Å². The van der Waals surface area contributed by atoms with Crippen LogP contribution in [0, 0.1) is 0 Å². The van der Waals surface area contributed by atoms with Crippen LogP contribution in [0.15, 0.2) is 72.9 Å². The quantitative estimate of drug-likeness (QED) is 0.0261. The number of unbranched alkanes of at least 4 members (excludes halogenated alkanes) is 44. The molecular weight excluding hydrogens is 1020 g/mol. The fourth-order valence-corrected chi connectivity index (χ4v) is 10.8. The van der Waals surface area contributed by atoms with Crippen molar-refractivity contribution in [3.63, 3.8) is 0 Å². The molecule has 6 heteroatoms. The van der Waals surface area contributed by atoms with E-state index in [0.29, 0.717) is 19.3 Å². The molecule has 0 fully saturated rings. The third-order valence-electron chi connectivity index (χ3n) is 16.2. The van der Waals surface area contributed by atoms with E-state index in [-0.39, 0.29) is 31.1 Å². The summed E-state index contributed by atoms with van der Waals surface area (Å²) in [5, 5.41) is 0. The molecule has 83 heavy (non-hydrogen) atoms. The molecule has 0 spiro atoms. The van der Waals surface area contributed by atoms with Crippen molar-refractivity contribution in [2.24, 2.45) is 0 Å². The molecule has 6 nitrogen and oxygen atoms in total. The number of carbonyl (C=O) groups is 3. The topological polar surface area (TPSA) is 78.9 Å². The molecule has 0 heterocycles. The monoisotopic (exact) mass is 1160 g/mol. The Hall–Kier alpha value is -3.15. The third-order valence-corrected chi connectivity index (χ3v) is 16.2. The molecule has 0 bridgehead atoms. The van der Waals surface area contributed by atoms with Gasteiger partial charge >= 0.3 is 17.9 Å². The van der Waals surface area contributed by atoms with E-state index in [1.54, 1.807) is 0 Å². The predicted octanol–water partition coefficient (Wildman–Crippen LogP) is 25.2. The van der Waals surface area contributed by atoms with Gasteiger partial charge in [0.15, 0.2) is 6.10 Å².